The Morgan fingerprint density at radius 3 is 2.28 bits per heavy atom. The van der Waals surface area contributed by atoms with Crippen molar-refractivity contribution in [2.24, 2.45) is 56.7 Å². The number of hydrogen-bond donors (Lipinski definition) is 2. The van der Waals surface area contributed by atoms with Crippen LogP contribution in [0.4, 0.5) is 0 Å². The van der Waals surface area contributed by atoms with Crippen molar-refractivity contribution < 1.29 is 10.2 Å². The average Bonchev–Trinajstić information content (AvgIpc) is 2.74. The molecule has 0 aromatic rings. The van der Waals surface area contributed by atoms with E-state index in [1.54, 1.807) is 5.57 Å². The minimum atomic E-state index is -0.153. The zero-order valence-electron chi connectivity index (χ0n) is 22.0. The SMILES string of the molecule is C[C@@H]1[C@H](C)CC[C@@]2(CO)CC[C@]3(C)C(=CC[C@H]4[C@@]5(C)CC[C@H](O)C(C)(C)[C@@H]5CC[C@@]43C)[C@H]12. The molecule has 0 aliphatic heterocycles. The predicted octanol–water partition coefficient (Wildman–Crippen LogP) is 7.00. The fourth-order valence-electron chi connectivity index (χ4n) is 10.9. The van der Waals surface area contributed by atoms with Gasteiger partial charge in [0.05, 0.1) is 6.10 Å². The monoisotopic (exact) mass is 442 g/mol. The van der Waals surface area contributed by atoms with Gasteiger partial charge in [0, 0.05) is 12.0 Å². The Labute approximate surface area is 197 Å². The molecule has 0 amide bonds. The zero-order chi connectivity index (χ0) is 23.3. The fraction of sp³-hybridized carbons (Fsp3) is 0.933. The van der Waals surface area contributed by atoms with Crippen LogP contribution >= 0.6 is 0 Å². The Hall–Kier alpha value is -0.340. The third-order valence-electron chi connectivity index (χ3n) is 13.5. The minimum absolute atomic E-state index is 0.0190. The first kappa shape index (κ1) is 23.4. The molecule has 2 N–H and O–H groups in total. The first-order valence-electron chi connectivity index (χ1n) is 13.9. The maximum absolute atomic E-state index is 10.9. The Morgan fingerprint density at radius 1 is 0.875 bits per heavy atom. The molecule has 5 aliphatic rings. The highest BCUT2D eigenvalue weighted by atomic mass is 16.3. The molecule has 32 heavy (non-hydrogen) atoms. The van der Waals surface area contributed by atoms with Gasteiger partial charge in [-0.2, -0.15) is 0 Å². The standard InChI is InChI=1S/C30H50O2/c1-19-10-15-30(18-31)17-16-28(6)21(25(30)20(19)2)8-9-23-27(5)13-12-24(32)26(3,4)22(27)11-14-29(23,28)7/h8,19-20,22-25,31-32H,9-18H2,1-7H3/t19-,20-,22+,23+,24+,25+,27+,28-,29+,30+/m1/s1. The minimum Gasteiger partial charge on any atom is -0.396 e. The lowest BCUT2D eigenvalue weighted by molar-refractivity contribution is -0.205. The summed E-state index contributed by atoms with van der Waals surface area (Å²) >= 11 is 0. The summed E-state index contributed by atoms with van der Waals surface area (Å²) in [6.07, 6.45) is 13.4. The molecular formula is C30H50O2. The highest BCUT2D eigenvalue weighted by molar-refractivity contribution is 5.34. The lowest BCUT2D eigenvalue weighted by atomic mass is 9.33. The third-order valence-corrected chi connectivity index (χ3v) is 13.5. The van der Waals surface area contributed by atoms with Gasteiger partial charge in [0.25, 0.3) is 0 Å². The van der Waals surface area contributed by atoms with E-state index in [0.29, 0.717) is 41.1 Å². The second-order valence-corrected chi connectivity index (χ2v) is 14.5. The Morgan fingerprint density at radius 2 is 1.59 bits per heavy atom. The van der Waals surface area contributed by atoms with E-state index in [1.165, 1.54) is 51.4 Å². The second-order valence-electron chi connectivity index (χ2n) is 14.5. The molecule has 0 saturated heterocycles. The van der Waals surface area contributed by atoms with E-state index in [1.807, 2.05) is 0 Å². The van der Waals surface area contributed by atoms with Crippen molar-refractivity contribution in [1.29, 1.82) is 0 Å². The van der Waals surface area contributed by atoms with Crippen molar-refractivity contribution in [3.63, 3.8) is 0 Å². The van der Waals surface area contributed by atoms with Gasteiger partial charge in [0.15, 0.2) is 0 Å². The molecule has 5 aliphatic carbocycles. The summed E-state index contributed by atoms with van der Waals surface area (Å²) in [6.45, 7) is 17.9. The molecule has 4 fully saturated rings. The first-order chi connectivity index (χ1) is 14.9. The molecule has 10 atom stereocenters. The van der Waals surface area contributed by atoms with Gasteiger partial charge < -0.3 is 10.2 Å². The number of rotatable bonds is 1. The molecule has 2 nitrogen and oxygen atoms in total. The van der Waals surface area contributed by atoms with Crippen LogP contribution in [0, 0.1) is 56.7 Å². The molecule has 5 rings (SSSR count). The number of fused-ring (bicyclic) bond motifs is 7. The summed E-state index contributed by atoms with van der Waals surface area (Å²) in [5.41, 5.74) is 2.77. The molecule has 0 bridgehead atoms. The highest BCUT2D eigenvalue weighted by Crippen LogP contribution is 2.75. The van der Waals surface area contributed by atoms with Crippen molar-refractivity contribution in [2.45, 2.75) is 112 Å². The second kappa shape index (κ2) is 7.09. The van der Waals surface area contributed by atoms with Gasteiger partial charge in [0.2, 0.25) is 0 Å². The molecule has 0 unspecified atom stereocenters. The molecule has 0 heterocycles. The molecule has 4 saturated carbocycles. The maximum atomic E-state index is 10.9. The summed E-state index contributed by atoms with van der Waals surface area (Å²) in [5, 5.41) is 21.6. The van der Waals surface area contributed by atoms with Crippen molar-refractivity contribution in [2.75, 3.05) is 6.61 Å². The van der Waals surface area contributed by atoms with Gasteiger partial charge in [-0.25, -0.2) is 0 Å². The van der Waals surface area contributed by atoms with E-state index in [-0.39, 0.29) is 22.3 Å². The van der Waals surface area contributed by atoms with E-state index in [2.05, 4.69) is 54.5 Å². The molecular weight excluding hydrogens is 392 g/mol. The lowest BCUT2D eigenvalue weighted by Gasteiger charge is -2.71. The van der Waals surface area contributed by atoms with Crippen LogP contribution in [0.15, 0.2) is 11.6 Å². The normalized spacial score (nSPS) is 56.8. The predicted molar refractivity (Wildman–Crippen MR) is 132 cm³/mol. The van der Waals surface area contributed by atoms with Gasteiger partial charge >= 0.3 is 0 Å². The molecule has 0 radical (unpaired) electrons. The van der Waals surface area contributed by atoms with E-state index < -0.39 is 0 Å². The molecule has 0 aromatic carbocycles. The number of aliphatic hydroxyl groups excluding tert-OH is 2. The summed E-state index contributed by atoms with van der Waals surface area (Å²) in [6, 6.07) is 0. The topological polar surface area (TPSA) is 40.5 Å². The van der Waals surface area contributed by atoms with E-state index >= 15 is 0 Å². The summed E-state index contributed by atoms with van der Waals surface area (Å²) < 4.78 is 0. The van der Waals surface area contributed by atoms with Gasteiger partial charge in [-0.3, -0.25) is 0 Å². The summed E-state index contributed by atoms with van der Waals surface area (Å²) in [5.74, 6) is 3.29. The van der Waals surface area contributed by atoms with Gasteiger partial charge in [-0.1, -0.05) is 60.1 Å². The van der Waals surface area contributed by atoms with Crippen LogP contribution in [0.1, 0.15) is 106 Å². The maximum Gasteiger partial charge on any atom is 0.0594 e. The first-order valence-corrected chi connectivity index (χ1v) is 13.9. The van der Waals surface area contributed by atoms with Crippen LogP contribution in [0.25, 0.3) is 0 Å². The Bertz CT molecular complexity index is 799. The zero-order valence-corrected chi connectivity index (χ0v) is 22.0. The van der Waals surface area contributed by atoms with Crippen molar-refractivity contribution in [1.82, 2.24) is 0 Å². The summed E-state index contributed by atoms with van der Waals surface area (Å²) in [7, 11) is 0. The van der Waals surface area contributed by atoms with E-state index in [4.69, 9.17) is 0 Å². The Balaban J connectivity index is 1.59. The number of aliphatic hydroxyl groups is 2. The largest absolute Gasteiger partial charge is 0.396 e. The van der Waals surface area contributed by atoms with Gasteiger partial charge in [0.1, 0.15) is 0 Å². The van der Waals surface area contributed by atoms with Crippen LogP contribution in [0.2, 0.25) is 0 Å². The highest BCUT2D eigenvalue weighted by Gasteiger charge is 2.68. The fourth-order valence-corrected chi connectivity index (χ4v) is 10.9. The molecule has 182 valence electrons. The van der Waals surface area contributed by atoms with Gasteiger partial charge in [-0.15, -0.1) is 0 Å². The Kier molecular flexibility index (Phi) is 5.19. The van der Waals surface area contributed by atoms with Crippen LogP contribution in [-0.2, 0) is 0 Å². The quantitative estimate of drug-likeness (QED) is 0.429. The van der Waals surface area contributed by atoms with Crippen molar-refractivity contribution >= 4 is 0 Å². The summed E-state index contributed by atoms with van der Waals surface area (Å²) in [4.78, 5) is 0. The number of hydrogen-bond acceptors (Lipinski definition) is 2. The van der Waals surface area contributed by atoms with Gasteiger partial charge in [-0.05, 0) is 109 Å². The lowest BCUT2D eigenvalue weighted by Crippen LogP contribution is -2.65. The van der Waals surface area contributed by atoms with Crippen LogP contribution in [0.3, 0.4) is 0 Å². The molecule has 0 spiro atoms. The third kappa shape index (κ3) is 2.66. The average molecular weight is 443 g/mol. The van der Waals surface area contributed by atoms with Crippen molar-refractivity contribution in [3.05, 3.63) is 11.6 Å². The molecule has 2 heteroatoms. The van der Waals surface area contributed by atoms with Crippen LogP contribution < -0.4 is 0 Å². The smallest absolute Gasteiger partial charge is 0.0594 e. The van der Waals surface area contributed by atoms with Crippen molar-refractivity contribution in [3.8, 4) is 0 Å². The number of allylic oxidation sites excluding steroid dienone is 2. The van der Waals surface area contributed by atoms with E-state index in [0.717, 1.165) is 12.3 Å². The van der Waals surface area contributed by atoms with E-state index in [9.17, 15) is 10.2 Å². The molecule has 0 aromatic heterocycles. The van der Waals surface area contributed by atoms with Crippen LogP contribution in [-0.4, -0.2) is 22.9 Å². The van der Waals surface area contributed by atoms with Crippen LogP contribution in [0.5, 0.6) is 0 Å².